The average Bonchev–Trinajstić information content (AvgIpc) is 2.67. The molecular formula is C13H18O3. The van der Waals surface area contributed by atoms with Crippen LogP contribution >= 0.6 is 0 Å². The highest BCUT2D eigenvalue weighted by Gasteiger charge is 2.30. The molecule has 1 aliphatic rings. The predicted molar refractivity (Wildman–Crippen MR) is 60.2 cm³/mol. The van der Waals surface area contributed by atoms with Crippen molar-refractivity contribution in [3.05, 3.63) is 24.2 Å². The summed E-state index contributed by atoms with van der Waals surface area (Å²) in [4.78, 5) is 11.7. The second-order valence-corrected chi connectivity index (χ2v) is 4.47. The van der Waals surface area contributed by atoms with E-state index in [2.05, 4.69) is 0 Å². The summed E-state index contributed by atoms with van der Waals surface area (Å²) in [5.74, 6) is 0.845. The summed E-state index contributed by atoms with van der Waals surface area (Å²) in [6.45, 7) is 2.79. The van der Waals surface area contributed by atoms with Gasteiger partial charge in [-0.25, -0.2) is 0 Å². The molecule has 0 atom stereocenters. The molecule has 1 aromatic rings. The van der Waals surface area contributed by atoms with Crippen LogP contribution in [-0.2, 0) is 16.0 Å². The highest BCUT2D eigenvalue weighted by molar-refractivity contribution is 5.81. The second kappa shape index (κ2) is 5.30. The fourth-order valence-electron chi connectivity index (χ4n) is 2.23. The van der Waals surface area contributed by atoms with Crippen molar-refractivity contribution in [1.29, 1.82) is 0 Å². The molecular weight excluding hydrogens is 204 g/mol. The molecule has 0 saturated heterocycles. The number of carbonyl (C=O) groups excluding carboxylic acids is 1. The molecule has 16 heavy (non-hydrogen) atoms. The van der Waals surface area contributed by atoms with Crippen molar-refractivity contribution < 1.29 is 13.9 Å². The lowest BCUT2D eigenvalue weighted by Gasteiger charge is -2.34. The van der Waals surface area contributed by atoms with Crippen molar-refractivity contribution in [2.45, 2.75) is 38.7 Å². The monoisotopic (exact) mass is 222 g/mol. The van der Waals surface area contributed by atoms with Crippen LogP contribution in [0.15, 0.2) is 23.0 Å². The minimum absolute atomic E-state index is 0.307. The summed E-state index contributed by atoms with van der Waals surface area (Å²) in [7, 11) is 0. The Morgan fingerprint density at radius 1 is 1.56 bits per heavy atom. The smallest absolute Gasteiger partial charge is 0.137 e. The molecule has 1 heterocycles. The first-order valence-electron chi connectivity index (χ1n) is 5.92. The maximum atomic E-state index is 11.7. The van der Waals surface area contributed by atoms with Gasteiger partial charge in [-0.05, 0) is 37.3 Å². The summed E-state index contributed by atoms with van der Waals surface area (Å²) in [6, 6.07) is 1.85. The van der Waals surface area contributed by atoms with Crippen LogP contribution in [0.3, 0.4) is 0 Å². The molecule has 1 aliphatic carbocycles. The molecule has 0 aromatic carbocycles. The standard InChI is InChI=1S/C13H18O3/c1-2-16-13-7-11(8-13)6-12(14)5-10-3-4-15-9-10/h3-4,9,11,13H,2,5-8H2,1H3. The van der Waals surface area contributed by atoms with Gasteiger partial charge in [0.25, 0.3) is 0 Å². The Kier molecular flexibility index (Phi) is 3.78. The molecule has 0 N–H and O–H groups in total. The molecule has 1 aromatic heterocycles. The minimum atomic E-state index is 0.307. The van der Waals surface area contributed by atoms with E-state index >= 15 is 0 Å². The first kappa shape index (κ1) is 11.4. The first-order valence-corrected chi connectivity index (χ1v) is 5.92. The number of Topliss-reactive ketones (excluding diaryl/α,β-unsaturated/α-hetero) is 1. The van der Waals surface area contributed by atoms with Crippen molar-refractivity contribution in [3.63, 3.8) is 0 Å². The molecule has 1 saturated carbocycles. The van der Waals surface area contributed by atoms with Crippen molar-refractivity contribution in [3.8, 4) is 0 Å². The predicted octanol–water partition coefficient (Wildman–Crippen LogP) is 2.60. The summed E-state index contributed by atoms with van der Waals surface area (Å²) >= 11 is 0. The topological polar surface area (TPSA) is 39.4 Å². The Labute approximate surface area is 95.8 Å². The highest BCUT2D eigenvalue weighted by atomic mass is 16.5. The molecule has 0 unspecified atom stereocenters. The van der Waals surface area contributed by atoms with E-state index in [9.17, 15) is 4.79 Å². The van der Waals surface area contributed by atoms with Gasteiger partial charge in [-0.15, -0.1) is 0 Å². The number of furan rings is 1. The Bertz CT molecular complexity index is 323. The third-order valence-corrected chi connectivity index (χ3v) is 3.09. The van der Waals surface area contributed by atoms with Crippen molar-refractivity contribution in [2.75, 3.05) is 6.61 Å². The van der Waals surface area contributed by atoms with Gasteiger partial charge in [0, 0.05) is 19.4 Å². The van der Waals surface area contributed by atoms with E-state index in [1.165, 1.54) is 0 Å². The maximum absolute atomic E-state index is 11.7. The Morgan fingerprint density at radius 3 is 3.00 bits per heavy atom. The van der Waals surface area contributed by atoms with Crippen LogP contribution in [-0.4, -0.2) is 18.5 Å². The zero-order valence-electron chi connectivity index (χ0n) is 9.65. The van der Waals surface area contributed by atoms with Crippen LogP contribution in [0.25, 0.3) is 0 Å². The fourth-order valence-corrected chi connectivity index (χ4v) is 2.23. The van der Waals surface area contributed by atoms with E-state index in [0.717, 1.165) is 25.0 Å². The van der Waals surface area contributed by atoms with Crippen LogP contribution in [0.4, 0.5) is 0 Å². The highest BCUT2D eigenvalue weighted by Crippen LogP contribution is 2.33. The van der Waals surface area contributed by atoms with Gasteiger partial charge >= 0.3 is 0 Å². The lowest BCUT2D eigenvalue weighted by atomic mass is 9.78. The maximum Gasteiger partial charge on any atom is 0.137 e. The number of ether oxygens (including phenoxy) is 1. The van der Waals surface area contributed by atoms with E-state index in [4.69, 9.17) is 9.15 Å². The lowest BCUT2D eigenvalue weighted by molar-refractivity contribution is -0.121. The van der Waals surface area contributed by atoms with E-state index in [1.54, 1.807) is 12.5 Å². The van der Waals surface area contributed by atoms with Gasteiger partial charge in [-0.3, -0.25) is 4.79 Å². The SMILES string of the molecule is CCOC1CC(CC(=O)Cc2ccoc2)C1. The molecule has 88 valence electrons. The van der Waals surface area contributed by atoms with Crippen LogP contribution in [0.2, 0.25) is 0 Å². The van der Waals surface area contributed by atoms with Gasteiger partial charge in [0.2, 0.25) is 0 Å². The molecule has 0 radical (unpaired) electrons. The van der Waals surface area contributed by atoms with Gasteiger partial charge in [0.15, 0.2) is 0 Å². The van der Waals surface area contributed by atoms with Crippen LogP contribution in [0, 0.1) is 5.92 Å². The van der Waals surface area contributed by atoms with Gasteiger partial charge < -0.3 is 9.15 Å². The summed E-state index contributed by atoms with van der Waals surface area (Å²) in [5.41, 5.74) is 0.977. The quantitative estimate of drug-likeness (QED) is 0.742. The number of ketones is 1. The van der Waals surface area contributed by atoms with Crippen molar-refractivity contribution in [1.82, 2.24) is 0 Å². The third kappa shape index (κ3) is 2.95. The molecule has 0 spiro atoms. The fraction of sp³-hybridized carbons (Fsp3) is 0.615. The zero-order chi connectivity index (χ0) is 11.4. The number of hydrogen-bond acceptors (Lipinski definition) is 3. The Morgan fingerprint density at radius 2 is 2.38 bits per heavy atom. The van der Waals surface area contributed by atoms with Gasteiger partial charge in [0.05, 0.1) is 18.6 Å². The van der Waals surface area contributed by atoms with Crippen LogP contribution in [0.1, 0.15) is 31.7 Å². The summed E-state index contributed by atoms with van der Waals surface area (Å²) in [5, 5.41) is 0. The zero-order valence-corrected chi connectivity index (χ0v) is 9.65. The molecule has 3 nitrogen and oxygen atoms in total. The lowest BCUT2D eigenvalue weighted by Crippen LogP contribution is -2.32. The van der Waals surface area contributed by atoms with E-state index in [1.807, 2.05) is 13.0 Å². The van der Waals surface area contributed by atoms with Crippen LogP contribution in [0.5, 0.6) is 0 Å². The number of hydrogen-bond donors (Lipinski definition) is 0. The molecule has 2 rings (SSSR count). The van der Waals surface area contributed by atoms with E-state index in [-0.39, 0.29) is 0 Å². The van der Waals surface area contributed by atoms with E-state index < -0.39 is 0 Å². The molecule has 0 amide bonds. The summed E-state index contributed by atoms with van der Waals surface area (Å²) in [6.07, 6.45) is 6.94. The van der Waals surface area contributed by atoms with Gasteiger partial charge in [-0.1, -0.05) is 0 Å². The molecule has 3 heteroatoms. The number of rotatable bonds is 6. The Hall–Kier alpha value is -1.09. The largest absolute Gasteiger partial charge is 0.472 e. The van der Waals surface area contributed by atoms with Gasteiger partial charge in [0.1, 0.15) is 5.78 Å². The molecule has 0 aliphatic heterocycles. The third-order valence-electron chi connectivity index (χ3n) is 3.09. The molecule has 0 bridgehead atoms. The summed E-state index contributed by atoms with van der Waals surface area (Å²) < 4.78 is 10.4. The van der Waals surface area contributed by atoms with E-state index in [0.29, 0.717) is 30.6 Å². The Balaban J connectivity index is 1.66. The second-order valence-electron chi connectivity index (χ2n) is 4.47. The average molecular weight is 222 g/mol. The number of carbonyl (C=O) groups is 1. The minimum Gasteiger partial charge on any atom is -0.472 e. The first-order chi connectivity index (χ1) is 7.78. The normalized spacial score (nSPS) is 24.1. The van der Waals surface area contributed by atoms with Crippen molar-refractivity contribution >= 4 is 5.78 Å². The van der Waals surface area contributed by atoms with Gasteiger partial charge in [-0.2, -0.15) is 0 Å². The van der Waals surface area contributed by atoms with Crippen LogP contribution < -0.4 is 0 Å². The molecule has 1 fully saturated rings. The van der Waals surface area contributed by atoms with Crippen molar-refractivity contribution in [2.24, 2.45) is 5.92 Å².